The van der Waals surface area contributed by atoms with Crippen molar-refractivity contribution in [3.63, 3.8) is 0 Å². The van der Waals surface area contributed by atoms with Crippen LogP contribution in [-0.2, 0) is 4.74 Å². The van der Waals surface area contributed by atoms with Crippen LogP contribution in [0.2, 0.25) is 5.02 Å². The molecule has 5 rings (SSSR count). The van der Waals surface area contributed by atoms with Gasteiger partial charge in [0.05, 0.1) is 12.3 Å². The van der Waals surface area contributed by atoms with E-state index in [4.69, 9.17) is 16.3 Å². The average Bonchev–Trinajstić information content (AvgIpc) is 3.40. The second-order valence-electron chi connectivity index (χ2n) is 6.93. The molecule has 3 heterocycles. The molecule has 0 saturated carbocycles. The molecule has 0 amide bonds. The average molecular weight is 477 g/mol. The van der Waals surface area contributed by atoms with E-state index < -0.39 is 5.97 Å². The molecular formula is C23H17ClN6O2S. The lowest BCUT2D eigenvalue weighted by atomic mass is 10.2. The van der Waals surface area contributed by atoms with Crippen LogP contribution in [0.5, 0.6) is 0 Å². The van der Waals surface area contributed by atoms with Gasteiger partial charge in [-0.25, -0.2) is 19.3 Å². The summed E-state index contributed by atoms with van der Waals surface area (Å²) < 4.78 is 6.93. The van der Waals surface area contributed by atoms with E-state index in [1.54, 1.807) is 23.6 Å². The fourth-order valence-electron chi connectivity index (χ4n) is 3.22. The predicted octanol–water partition coefficient (Wildman–Crippen LogP) is 5.49. The van der Waals surface area contributed by atoms with Gasteiger partial charge in [0.25, 0.3) is 0 Å². The number of esters is 1. The maximum Gasteiger partial charge on any atom is 0.343 e. The molecule has 0 atom stereocenters. The highest BCUT2D eigenvalue weighted by molar-refractivity contribution is 7.15. The van der Waals surface area contributed by atoms with Gasteiger partial charge in [0, 0.05) is 27.7 Å². The monoisotopic (exact) mass is 476 g/mol. The van der Waals surface area contributed by atoms with E-state index in [9.17, 15) is 4.79 Å². The minimum Gasteiger partial charge on any atom is -0.462 e. The van der Waals surface area contributed by atoms with Gasteiger partial charge in [-0.05, 0) is 31.2 Å². The molecule has 0 aliphatic heterocycles. The zero-order chi connectivity index (χ0) is 22.8. The summed E-state index contributed by atoms with van der Waals surface area (Å²) in [4.78, 5) is 26.6. The van der Waals surface area contributed by atoms with Crippen LogP contribution in [0.4, 0.5) is 11.8 Å². The lowest BCUT2D eigenvalue weighted by molar-refractivity contribution is 0.0526. The summed E-state index contributed by atoms with van der Waals surface area (Å²) in [5.41, 5.74) is 2.89. The van der Waals surface area contributed by atoms with Crippen LogP contribution < -0.4 is 5.32 Å². The summed E-state index contributed by atoms with van der Waals surface area (Å²) in [6.07, 6.45) is 1.44. The minimum atomic E-state index is -0.534. The third kappa shape index (κ3) is 4.28. The topological polar surface area (TPSA) is 94.3 Å². The first-order chi connectivity index (χ1) is 16.1. The van der Waals surface area contributed by atoms with E-state index in [-0.39, 0.29) is 18.0 Å². The lowest BCUT2D eigenvalue weighted by Gasteiger charge is -2.10. The number of hydrogen-bond donors (Lipinski definition) is 1. The van der Waals surface area contributed by atoms with E-state index in [1.165, 1.54) is 17.5 Å². The fourth-order valence-corrected chi connectivity index (χ4v) is 4.18. The number of ether oxygens (including phenoxy) is 1. The molecule has 3 aromatic heterocycles. The van der Waals surface area contributed by atoms with Crippen molar-refractivity contribution in [1.82, 2.24) is 24.6 Å². The lowest BCUT2D eigenvalue weighted by Crippen LogP contribution is -2.11. The summed E-state index contributed by atoms with van der Waals surface area (Å²) in [6.45, 7) is 1.97. The van der Waals surface area contributed by atoms with Crippen molar-refractivity contribution in [2.24, 2.45) is 0 Å². The summed E-state index contributed by atoms with van der Waals surface area (Å²) in [5, 5.41) is 10.3. The van der Waals surface area contributed by atoms with Gasteiger partial charge >= 0.3 is 5.97 Å². The molecular weight excluding hydrogens is 460 g/mol. The minimum absolute atomic E-state index is 0.191. The number of aromatic nitrogens is 5. The largest absolute Gasteiger partial charge is 0.462 e. The molecule has 164 valence electrons. The standard InChI is InChI=1S/C23H17ClN6O2S/c1-2-32-21(31)17-12-25-19(15-8-10-16(24)11-9-15)26-20(17)27-22-28-23-30(29-22)18(13-33-23)14-6-4-3-5-7-14/h3-13H,2H2,1H3,(H,25,26,27,29). The fraction of sp³-hybridized carbons (Fsp3) is 0.0870. The Balaban J connectivity index is 1.54. The molecule has 0 unspecified atom stereocenters. The van der Waals surface area contributed by atoms with Crippen LogP contribution in [-0.4, -0.2) is 37.1 Å². The van der Waals surface area contributed by atoms with Crippen LogP contribution in [0.3, 0.4) is 0 Å². The Morgan fingerprint density at radius 3 is 2.64 bits per heavy atom. The van der Waals surface area contributed by atoms with Gasteiger partial charge in [-0.1, -0.05) is 41.9 Å². The second-order valence-corrected chi connectivity index (χ2v) is 8.20. The van der Waals surface area contributed by atoms with Crippen LogP contribution in [0.15, 0.2) is 66.2 Å². The molecule has 0 saturated heterocycles. The number of halogens is 1. The number of hydrogen-bond acceptors (Lipinski definition) is 8. The van der Waals surface area contributed by atoms with Gasteiger partial charge in [-0.3, -0.25) is 0 Å². The van der Waals surface area contributed by atoms with E-state index in [0.717, 1.165) is 16.8 Å². The van der Waals surface area contributed by atoms with Crippen molar-refractivity contribution in [3.8, 4) is 22.6 Å². The van der Waals surface area contributed by atoms with Gasteiger partial charge in [-0.15, -0.1) is 16.4 Å². The number of carbonyl (C=O) groups excluding carboxylic acids is 1. The number of nitrogens with zero attached hydrogens (tertiary/aromatic N) is 5. The molecule has 0 bridgehead atoms. The van der Waals surface area contributed by atoms with Crippen molar-refractivity contribution in [2.45, 2.75) is 6.92 Å². The Labute approximate surface area is 197 Å². The summed E-state index contributed by atoms with van der Waals surface area (Å²) in [6, 6.07) is 17.1. The quantitative estimate of drug-likeness (QED) is 0.324. The van der Waals surface area contributed by atoms with E-state index >= 15 is 0 Å². The Kier molecular flexibility index (Phi) is 5.72. The molecule has 1 N–H and O–H groups in total. The molecule has 0 fully saturated rings. The molecule has 2 aromatic carbocycles. The number of fused-ring (bicyclic) bond motifs is 1. The molecule has 0 radical (unpaired) electrons. The zero-order valence-corrected chi connectivity index (χ0v) is 19.0. The van der Waals surface area contributed by atoms with Crippen LogP contribution in [0, 0.1) is 0 Å². The van der Waals surface area contributed by atoms with Gasteiger partial charge < -0.3 is 10.1 Å². The second kappa shape index (κ2) is 8.97. The van der Waals surface area contributed by atoms with Gasteiger partial charge in [0.2, 0.25) is 10.9 Å². The summed E-state index contributed by atoms with van der Waals surface area (Å²) in [5.74, 6) is 0.458. The first kappa shape index (κ1) is 21.0. The van der Waals surface area contributed by atoms with Crippen LogP contribution in [0.25, 0.3) is 27.6 Å². The predicted molar refractivity (Wildman–Crippen MR) is 128 cm³/mol. The highest BCUT2D eigenvalue weighted by atomic mass is 35.5. The Bertz CT molecular complexity index is 1430. The van der Waals surface area contributed by atoms with Crippen molar-refractivity contribution in [2.75, 3.05) is 11.9 Å². The number of rotatable bonds is 6. The van der Waals surface area contributed by atoms with Gasteiger partial charge in [0.1, 0.15) is 5.56 Å². The van der Waals surface area contributed by atoms with Gasteiger partial charge in [0.15, 0.2) is 11.6 Å². The number of anilines is 2. The Morgan fingerprint density at radius 2 is 1.88 bits per heavy atom. The molecule has 10 heteroatoms. The van der Waals surface area contributed by atoms with E-state index in [0.29, 0.717) is 21.8 Å². The van der Waals surface area contributed by atoms with Crippen LogP contribution in [0.1, 0.15) is 17.3 Å². The number of carbonyl (C=O) groups is 1. The Morgan fingerprint density at radius 1 is 1.09 bits per heavy atom. The molecule has 33 heavy (non-hydrogen) atoms. The molecule has 0 aliphatic rings. The highest BCUT2D eigenvalue weighted by Gasteiger charge is 2.19. The third-order valence-corrected chi connectivity index (χ3v) is 5.84. The first-order valence-electron chi connectivity index (χ1n) is 10.1. The summed E-state index contributed by atoms with van der Waals surface area (Å²) in [7, 11) is 0. The first-order valence-corrected chi connectivity index (χ1v) is 11.3. The van der Waals surface area contributed by atoms with E-state index in [1.807, 2.05) is 47.8 Å². The van der Waals surface area contributed by atoms with Crippen LogP contribution >= 0.6 is 22.9 Å². The smallest absolute Gasteiger partial charge is 0.343 e. The summed E-state index contributed by atoms with van der Waals surface area (Å²) >= 11 is 7.46. The third-order valence-electron chi connectivity index (χ3n) is 4.77. The van der Waals surface area contributed by atoms with E-state index in [2.05, 4.69) is 25.4 Å². The number of benzene rings is 2. The number of thiazole rings is 1. The maximum atomic E-state index is 12.5. The maximum absolute atomic E-state index is 12.5. The SMILES string of the molecule is CCOC(=O)c1cnc(-c2ccc(Cl)cc2)nc1Nc1nc2scc(-c3ccccc3)n2n1. The zero-order valence-electron chi connectivity index (χ0n) is 17.4. The van der Waals surface area contributed by atoms with Crippen molar-refractivity contribution in [3.05, 3.63) is 76.8 Å². The molecule has 0 spiro atoms. The highest BCUT2D eigenvalue weighted by Crippen LogP contribution is 2.28. The number of nitrogens with one attached hydrogen (secondary N) is 1. The molecule has 8 nitrogen and oxygen atoms in total. The molecule has 0 aliphatic carbocycles. The molecule has 5 aromatic rings. The Hall–Kier alpha value is -3.82. The van der Waals surface area contributed by atoms with Crippen molar-refractivity contribution in [1.29, 1.82) is 0 Å². The normalized spacial score (nSPS) is 11.0. The van der Waals surface area contributed by atoms with Gasteiger partial charge in [-0.2, -0.15) is 4.98 Å². The van der Waals surface area contributed by atoms with Crippen molar-refractivity contribution >= 4 is 45.6 Å². The van der Waals surface area contributed by atoms with Crippen molar-refractivity contribution < 1.29 is 9.53 Å².